The molecule has 1 aromatic heterocycles. The minimum atomic E-state index is -0.535. The number of rotatable bonds is 6. The first-order valence-electron chi connectivity index (χ1n) is 8.15. The highest BCUT2D eigenvalue weighted by Gasteiger charge is 2.31. The molecular formula is C18H25N3OS. The third-order valence-electron chi connectivity index (χ3n) is 4.54. The van der Waals surface area contributed by atoms with Crippen molar-refractivity contribution in [3.63, 3.8) is 0 Å². The van der Waals surface area contributed by atoms with Gasteiger partial charge in [0.2, 0.25) is 0 Å². The number of aliphatic hydroxyl groups is 1. The van der Waals surface area contributed by atoms with E-state index in [-0.39, 0.29) is 0 Å². The molecule has 1 atom stereocenters. The summed E-state index contributed by atoms with van der Waals surface area (Å²) in [5, 5.41) is 18.5. The Kier molecular flexibility index (Phi) is 5.09. The van der Waals surface area contributed by atoms with Gasteiger partial charge in [-0.3, -0.25) is 4.68 Å². The second-order valence-electron chi connectivity index (χ2n) is 6.42. The number of hydrogen-bond acceptors (Lipinski definition) is 4. The van der Waals surface area contributed by atoms with Crippen molar-refractivity contribution in [2.45, 2.75) is 39.0 Å². The first kappa shape index (κ1) is 16.6. The van der Waals surface area contributed by atoms with Crippen molar-refractivity contribution in [2.75, 3.05) is 18.1 Å². The summed E-state index contributed by atoms with van der Waals surface area (Å²) in [4.78, 5) is 0. The number of aryl methyl sites for hydroxylation is 1. The number of nitrogens with one attached hydrogen (secondary N) is 1. The van der Waals surface area contributed by atoms with Gasteiger partial charge < -0.3 is 10.4 Å². The zero-order chi connectivity index (χ0) is 16.3. The molecule has 0 spiro atoms. The van der Waals surface area contributed by atoms with Crippen LogP contribution in [0.3, 0.4) is 0 Å². The molecule has 0 amide bonds. The summed E-state index contributed by atoms with van der Waals surface area (Å²) in [6.45, 7) is 6.40. The van der Waals surface area contributed by atoms with E-state index in [1.165, 1.54) is 16.8 Å². The van der Waals surface area contributed by atoms with Gasteiger partial charge in [0.1, 0.15) is 0 Å². The van der Waals surface area contributed by atoms with Crippen LogP contribution in [0.25, 0.3) is 0 Å². The van der Waals surface area contributed by atoms with Crippen LogP contribution in [0, 0.1) is 13.8 Å². The quantitative estimate of drug-likeness (QED) is 0.854. The fourth-order valence-electron chi connectivity index (χ4n) is 3.06. The molecule has 1 aliphatic heterocycles. The van der Waals surface area contributed by atoms with Crippen molar-refractivity contribution in [3.05, 3.63) is 52.8 Å². The predicted octanol–water partition coefficient (Wildman–Crippen LogP) is 2.51. The van der Waals surface area contributed by atoms with Crippen molar-refractivity contribution in [1.82, 2.24) is 15.1 Å². The van der Waals surface area contributed by atoms with Crippen LogP contribution in [0.5, 0.6) is 0 Å². The molecule has 23 heavy (non-hydrogen) atoms. The number of benzene rings is 1. The molecule has 3 rings (SSSR count). The van der Waals surface area contributed by atoms with Crippen LogP contribution in [0.4, 0.5) is 0 Å². The van der Waals surface area contributed by atoms with Crippen LogP contribution in [0.1, 0.15) is 28.9 Å². The molecule has 1 aromatic carbocycles. The Balaban J connectivity index is 1.63. The summed E-state index contributed by atoms with van der Waals surface area (Å²) in [7, 11) is 0. The van der Waals surface area contributed by atoms with Gasteiger partial charge in [0.15, 0.2) is 0 Å². The smallest absolute Gasteiger partial charge is 0.0869 e. The summed E-state index contributed by atoms with van der Waals surface area (Å²) in [5.41, 5.74) is 4.24. The summed E-state index contributed by atoms with van der Waals surface area (Å²) in [5.74, 6) is 1.90. The Morgan fingerprint density at radius 1 is 1.30 bits per heavy atom. The molecular weight excluding hydrogens is 306 g/mol. The summed E-state index contributed by atoms with van der Waals surface area (Å²) in [6.07, 6.45) is 0.885. The van der Waals surface area contributed by atoms with E-state index in [4.69, 9.17) is 0 Å². The maximum atomic E-state index is 10.4. The summed E-state index contributed by atoms with van der Waals surface area (Å²) < 4.78 is 2.07. The Bertz CT molecular complexity index is 648. The van der Waals surface area contributed by atoms with Gasteiger partial charge in [-0.05, 0) is 31.6 Å². The van der Waals surface area contributed by atoms with Crippen molar-refractivity contribution < 1.29 is 5.11 Å². The predicted molar refractivity (Wildman–Crippen MR) is 95.8 cm³/mol. The number of aromatic nitrogens is 2. The van der Waals surface area contributed by atoms with Gasteiger partial charge in [0.05, 0.1) is 17.8 Å². The van der Waals surface area contributed by atoms with Gasteiger partial charge in [-0.15, -0.1) is 0 Å². The minimum Gasteiger partial charge on any atom is -0.388 e. The Labute approximate surface area is 142 Å². The molecule has 4 nitrogen and oxygen atoms in total. The van der Waals surface area contributed by atoms with Crippen LogP contribution >= 0.6 is 11.8 Å². The molecule has 5 heteroatoms. The number of thioether (sulfide) groups is 1. The maximum absolute atomic E-state index is 10.4. The van der Waals surface area contributed by atoms with E-state index in [1.807, 2.05) is 17.8 Å². The fraction of sp³-hybridized carbons (Fsp3) is 0.500. The molecule has 2 N–H and O–H groups in total. The molecule has 1 fully saturated rings. The van der Waals surface area contributed by atoms with Gasteiger partial charge in [-0.25, -0.2) is 0 Å². The zero-order valence-electron chi connectivity index (χ0n) is 13.9. The molecule has 1 unspecified atom stereocenters. The third kappa shape index (κ3) is 3.97. The SMILES string of the molecule is Cc1nn(Cc2ccccc2)c(C)c1CNCC1(O)CCSC1. The molecule has 0 aliphatic carbocycles. The van der Waals surface area contributed by atoms with E-state index in [2.05, 4.69) is 53.2 Å². The van der Waals surface area contributed by atoms with Crippen LogP contribution < -0.4 is 5.32 Å². The van der Waals surface area contributed by atoms with E-state index >= 15 is 0 Å². The lowest BCUT2D eigenvalue weighted by molar-refractivity contribution is 0.0674. The van der Waals surface area contributed by atoms with E-state index in [0.717, 1.165) is 36.7 Å². The van der Waals surface area contributed by atoms with Gasteiger partial charge in [0, 0.05) is 30.1 Å². The third-order valence-corrected chi connectivity index (χ3v) is 5.78. The molecule has 1 aliphatic rings. The first-order chi connectivity index (χ1) is 11.1. The monoisotopic (exact) mass is 331 g/mol. The van der Waals surface area contributed by atoms with Crippen LogP contribution in [0.2, 0.25) is 0 Å². The van der Waals surface area contributed by atoms with Gasteiger partial charge in [-0.1, -0.05) is 30.3 Å². The van der Waals surface area contributed by atoms with E-state index in [1.54, 1.807) is 0 Å². The van der Waals surface area contributed by atoms with Gasteiger partial charge in [-0.2, -0.15) is 16.9 Å². The van der Waals surface area contributed by atoms with Crippen molar-refractivity contribution in [3.8, 4) is 0 Å². The second-order valence-corrected chi connectivity index (χ2v) is 7.53. The first-order valence-corrected chi connectivity index (χ1v) is 9.30. The molecule has 0 radical (unpaired) electrons. The molecule has 0 bridgehead atoms. The molecule has 124 valence electrons. The highest BCUT2D eigenvalue weighted by molar-refractivity contribution is 7.99. The topological polar surface area (TPSA) is 50.1 Å². The Morgan fingerprint density at radius 2 is 2.09 bits per heavy atom. The molecule has 0 saturated carbocycles. The van der Waals surface area contributed by atoms with Gasteiger partial charge in [0.25, 0.3) is 0 Å². The minimum absolute atomic E-state index is 0.535. The van der Waals surface area contributed by atoms with Crippen molar-refractivity contribution >= 4 is 11.8 Å². The lowest BCUT2D eigenvalue weighted by atomic mass is 10.0. The lowest BCUT2D eigenvalue weighted by Gasteiger charge is -2.21. The van der Waals surface area contributed by atoms with Crippen LogP contribution in [-0.4, -0.2) is 38.5 Å². The Hall–Kier alpha value is -1.30. The van der Waals surface area contributed by atoms with E-state index < -0.39 is 5.60 Å². The largest absolute Gasteiger partial charge is 0.388 e. The van der Waals surface area contributed by atoms with Crippen LogP contribution in [0.15, 0.2) is 30.3 Å². The van der Waals surface area contributed by atoms with Gasteiger partial charge >= 0.3 is 0 Å². The van der Waals surface area contributed by atoms with E-state index in [9.17, 15) is 5.11 Å². The average Bonchev–Trinajstić information content (AvgIpc) is 3.08. The molecule has 2 aromatic rings. The number of hydrogen-bond donors (Lipinski definition) is 2. The zero-order valence-corrected chi connectivity index (χ0v) is 14.7. The standard InChI is InChI=1S/C18H25N3OS/c1-14-17(10-19-12-18(22)8-9-23-13-18)15(2)21(20-14)11-16-6-4-3-5-7-16/h3-7,19,22H,8-13H2,1-2H3. The van der Waals surface area contributed by atoms with E-state index in [0.29, 0.717) is 6.54 Å². The summed E-state index contributed by atoms with van der Waals surface area (Å²) >= 11 is 1.83. The highest BCUT2D eigenvalue weighted by atomic mass is 32.2. The molecule has 1 saturated heterocycles. The van der Waals surface area contributed by atoms with Crippen molar-refractivity contribution in [2.24, 2.45) is 0 Å². The maximum Gasteiger partial charge on any atom is 0.0869 e. The van der Waals surface area contributed by atoms with Crippen molar-refractivity contribution in [1.29, 1.82) is 0 Å². The fourth-order valence-corrected chi connectivity index (χ4v) is 4.35. The number of nitrogens with zero attached hydrogens (tertiary/aromatic N) is 2. The lowest BCUT2D eigenvalue weighted by Crippen LogP contribution is -2.40. The highest BCUT2D eigenvalue weighted by Crippen LogP contribution is 2.27. The summed E-state index contributed by atoms with van der Waals surface area (Å²) in [6, 6.07) is 10.4. The van der Waals surface area contributed by atoms with Crippen LogP contribution in [-0.2, 0) is 13.1 Å². The molecule has 2 heterocycles. The average molecular weight is 331 g/mol. The second kappa shape index (κ2) is 7.07. The normalized spacial score (nSPS) is 21.0. The Morgan fingerprint density at radius 3 is 2.78 bits per heavy atom.